The zero-order valence-corrected chi connectivity index (χ0v) is 11.9. The molecule has 1 rings (SSSR count). The molecule has 1 aromatic rings. The van der Waals surface area contributed by atoms with Crippen molar-refractivity contribution in [2.75, 3.05) is 20.6 Å². The Hall–Kier alpha value is -0.870. The molecule has 0 radical (unpaired) electrons. The van der Waals surface area contributed by atoms with Gasteiger partial charge in [-0.15, -0.1) is 0 Å². The Morgan fingerprint density at radius 2 is 2.24 bits per heavy atom. The highest BCUT2D eigenvalue weighted by molar-refractivity contribution is 7.07. The maximum absolute atomic E-state index is 11.7. The van der Waals surface area contributed by atoms with Crippen LogP contribution in [0.25, 0.3) is 0 Å². The Morgan fingerprint density at radius 3 is 2.71 bits per heavy atom. The molecule has 0 saturated heterocycles. The molecule has 0 aliphatic rings. The topological polar surface area (TPSA) is 32.3 Å². The van der Waals surface area contributed by atoms with Crippen LogP contribution in [-0.4, -0.2) is 31.4 Å². The number of carbonyl (C=O) groups excluding carboxylic acids is 1. The third-order valence-electron chi connectivity index (χ3n) is 3.08. The van der Waals surface area contributed by atoms with Crippen molar-refractivity contribution in [3.63, 3.8) is 0 Å². The molecule has 0 saturated carbocycles. The predicted octanol–water partition coefficient (Wildman–Crippen LogP) is 2.51. The second-order valence-electron chi connectivity index (χ2n) is 4.59. The molecule has 0 fully saturated rings. The minimum absolute atomic E-state index is 0.0975. The van der Waals surface area contributed by atoms with Crippen molar-refractivity contribution in [2.45, 2.75) is 26.3 Å². The lowest BCUT2D eigenvalue weighted by atomic mass is 10.1. The van der Waals surface area contributed by atoms with Crippen LogP contribution in [0.15, 0.2) is 16.8 Å². The number of nitrogens with zero attached hydrogens (tertiary/aromatic N) is 1. The Kier molecular flexibility index (Phi) is 5.65. The molecule has 17 heavy (non-hydrogen) atoms. The molecule has 0 spiro atoms. The van der Waals surface area contributed by atoms with Crippen LogP contribution in [0.5, 0.6) is 0 Å². The van der Waals surface area contributed by atoms with Gasteiger partial charge in [0.05, 0.1) is 6.04 Å². The van der Waals surface area contributed by atoms with E-state index in [0.29, 0.717) is 6.54 Å². The fraction of sp³-hybridized carbons (Fsp3) is 0.615. The molecule has 0 unspecified atom stereocenters. The highest BCUT2D eigenvalue weighted by Gasteiger charge is 2.17. The number of thiophene rings is 1. The van der Waals surface area contributed by atoms with Crippen molar-refractivity contribution in [1.29, 1.82) is 0 Å². The lowest BCUT2D eigenvalue weighted by Crippen LogP contribution is -2.36. The standard InChI is InChI=1S/C13H22N2OS/c1-5-10(2)13(16)14-8-12(15(3)4)11-6-7-17-9-11/h6-7,9-10,12H,5,8H2,1-4H3,(H,14,16)/t10-,12-/m0/s1. The van der Waals surface area contributed by atoms with Gasteiger partial charge in [-0.05, 0) is 42.9 Å². The smallest absolute Gasteiger partial charge is 0.222 e. The van der Waals surface area contributed by atoms with Crippen LogP contribution < -0.4 is 5.32 Å². The summed E-state index contributed by atoms with van der Waals surface area (Å²) in [5.41, 5.74) is 1.27. The molecule has 4 heteroatoms. The van der Waals surface area contributed by atoms with Crippen LogP contribution in [0.3, 0.4) is 0 Å². The van der Waals surface area contributed by atoms with Crippen LogP contribution in [0.1, 0.15) is 31.9 Å². The first-order chi connectivity index (χ1) is 8.06. The van der Waals surface area contributed by atoms with Gasteiger partial charge in [0.2, 0.25) is 5.91 Å². The van der Waals surface area contributed by atoms with Gasteiger partial charge in [0.25, 0.3) is 0 Å². The Balaban J connectivity index is 2.55. The molecular weight excluding hydrogens is 232 g/mol. The summed E-state index contributed by atoms with van der Waals surface area (Å²) in [6, 6.07) is 2.37. The summed E-state index contributed by atoms with van der Waals surface area (Å²) >= 11 is 1.69. The molecule has 1 aromatic heterocycles. The number of hydrogen-bond donors (Lipinski definition) is 1. The monoisotopic (exact) mass is 254 g/mol. The lowest BCUT2D eigenvalue weighted by Gasteiger charge is -2.24. The second kappa shape index (κ2) is 6.77. The number of likely N-dealkylation sites (N-methyl/N-ethyl adjacent to an activating group) is 1. The normalized spacial score (nSPS) is 14.6. The average molecular weight is 254 g/mol. The minimum atomic E-state index is 0.0975. The van der Waals surface area contributed by atoms with Gasteiger partial charge in [0.15, 0.2) is 0 Å². The minimum Gasteiger partial charge on any atom is -0.354 e. The fourth-order valence-electron chi connectivity index (χ4n) is 1.62. The highest BCUT2D eigenvalue weighted by Crippen LogP contribution is 2.20. The molecule has 0 aromatic carbocycles. The molecule has 0 bridgehead atoms. The molecule has 0 aliphatic heterocycles. The third-order valence-corrected chi connectivity index (χ3v) is 3.78. The quantitative estimate of drug-likeness (QED) is 0.846. The summed E-state index contributed by atoms with van der Waals surface area (Å²) < 4.78 is 0. The zero-order chi connectivity index (χ0) is 12.8. The van der Waals surface area contributed by atoms with Gasteiger partial charge in [-0.25, -0.2) is 0 Å². The molecule has 96 valence electrons. The van der Waals surface area contributed by atoms with Gasteiger partial charge in [0, 0.05) is 12.5 Å². The maximum Gasteiger partial charge on any atom is 0.222 e. The first-order valence-corrected chi connectivity index (χ1v) is 6.96. The Morgan fingerprint density at radius 1 is 1.53 bits per heavy atom. The summed E-state index contributed by atoms with van der Waals surface area (Å²) in [4.78, 5) is 13.9. The largest absolute Gasteiger partial charge is 0.354 e. The van der Waals surface area contributed by atoms with E-state index >= 15 is 0 Å². The van der Waals surface area contributed by atoms with E-state index in [9.17, 15) is 4.79 Å². The van der Waals surface area contributed by atoms with Gasteiger partial charge in [0.1, 0.15) is 0 Å². The number of rotatable bonds is 6. The summed E-state index contributed by atoms with van der Waals surface area (Å²) in [7, 11) is 4.08. The second-order valence-corrected chi connectivity index (χ2v) is 5.37. The van der Waals surface area contributed by atoms with Crippen molar-refractivity contribution >= 4 is 17.2 Å². The molecule has 0 aliphatic carbocycles. The van der Waals surface area contributed by atoms with E-state index < -0.39 is 0 Å². The van der Waals surface area contributed by atoms with Crippen LogP contribution in [-0.2, 0) is 4.79 Å². The molecule has 3 nitrogen and oxygen atoms in total. The van der Waals surface area contributed by atoms with E-state index in [1.54, 1.807) is 11.3 Å². The van der Waals surface area contributed by atoms with E-state index in [1.807, 2.05) is 27.9 Å². The molecule has 2 atom stereocenters. The van der Waals surface area contributed by atoms with Crippen LogP contribution in [0, 0.1) is 5.92 Å². The van der Waals surface area contributed by atoms with Crippen molar-refractivity contribution in [2.24, 2.45) is 5.92 Å². The maximum atomic E-state index is 11.7. The number of carbonyl (C=O) groups is 1. The van der Waals surface area contributed by atoms with E-state index in [2.05, 4.69) is 27.0 Å². The van der Waals surface area contributed by atoms with E-state index in [-0.39, 0.29) is 17.9 Å². The van der Waals surface area contributed by atoms with Gasteiger partial charge in [-0.3, -0.25) is 4.79 Å². The van der Waals surface area contributed by atoms with Crippen molar-refractivity contribution in [3.05, 3.63) is 22.4 Å². The van der Waals surface area contributed by atoms with Gasteiger partial charge < -0.3 is 10.2 Å². The predicted molar refractivity (Wildman–Crippen MR) is 73.2 cm³/mol. The van der Waals surface area contributed by atoms with Crippen LogP contribution in [0.2, 0.25) is 0 Å². The summed E-state index contributed by atoms with van der Waals surface area (Å²) in [6.07, 6.45) is 0.886. The summed E-state index contributed by atoms with van der Waals surface area (Å²) in [5, 5.41) is 7.24. The first-order valence-electron chi connectivity index (χ1n) is 6.02. The molecular formula is C13H22N2OS. The van der Waals surface area contributed by atoms with E-state index in [1.165, 1.54) is 5.56 Å². The SMILES string of the molecule is CC[C@H](C)C(=O)NC[C@@H](c1ccsc1)N(C)C. The van der Waals surface area contributed by atoms with Crippen LogP contribution in [0.4, 0.5) is 0 Å². The first kappa shape index (κ1) is 14.2. The third kappa shape index (κ3) is 4.13. The van der Waals surface area contributed by atoms with Gasteiger partial charge >= 0.3 is 0 Å². The Labute approximate surface area is 108 Å². The fourth-order valence-corrected chi connectivity index (χ4v) is 2.33. The number of hydrogen-bond acceptors (Lipinski definition) is 3. The average Bonchev–Trinajstić information content (AvgIpc) is 2.81. The van der Waals surface area contributed by atoms with Crippen molar-refractivity contribution in [1.82, 2.24) is 10.2 Å². The highest BCUT2D eigenvalue weighted by atomic mass is 32.1. The summed E-state index contributed by atoms with van der Waals surface area (Å²) in [6.45, 7) is 4.67. The summed E-state index contributed by atoms with van der Waals surface area (Å²) in [5.74, 6) is 0.245. The lowest BCUT2D eigenvalue weighted by molar-refractivity contribution is -0.124. The molecule has 1 amide bonds. The van der Waals surface area contributed by atoms with Crippen molar-refractivity contribution < 1.29 is 4.79 Å². The zero-order valence-electron chi connectivity index (χ0n) is 11.1. The van der Waals surface area contributed by atoms with Gasteiger partial charge in [-0.2, -0.15) is 11.3 Å². The van der Waals surface area contributed by atoms with Crippen LogP contribution >= 0.6 is 11.3 Å². The van der Waals surface area contributed by atoms with E-state index in [0.717, 1.165) is 6.42 Å². The molecule has 1 N–H and O–H groups in total. The van der Waals surface area contributed by atoms with E-state index in [4.69, 9.17) is 0 Å². The number of nitrogens with one attached hydrogen (secondary N) is 1. The van der Waals surface area contributed by atoms with Gasteiger partial charge in [-0.1, -0.05) is 13.8 Å². The molecule has 1 heterocycles. The Bertz CT molecular complexity index is 335. The van der Waals surface area contributed by atoms with Crippen molar-refractivity contribution in [3.8, 4) is 0 Å². The number of amides is 1.